The van der Waals surface area contributed by atoms with Crippen molar-refractivity contribution in [3.63, 3.8) is 0 Å². The molecule has 4 aliphatic rings. The van der Waals surface area contributed by atoms with Crippen molar-refractivity contribution in [2.75, 3.05) is 45.9 Å². The van der Waals surface area contributed by atoms with E-state index in [1.807, 2.05) is 4.90 Å². The zero-order chi connectivity index (χ0) is 20.5. The molecule has 0 spiro atoms. The number of nitrogens with zero attached hydrogens (tertiary/aromatic N) is 4. The van der Waals surface area contributed by atoms with Gasteiger partial charge in [0.1, 0.15) is 12.4 Å². The lowest BCUT2D eigenvalue weighted by atomic mass is 9.82. The van der Waals surface area contributed by atoms with Gasteiger partial charge in [0, 0.05) is 44.1 Å². The van der Waals surface area contributed by atoms with Gasteiger partial charge in [0.05, 0.1) is 12.5 Å². The third kappa shape index (κ3) is 4.25. The molecule has 2 saturated heterocycles. The van der Waals surface area contributed by atoms with Crippen LogP contribution in [0.5, 0.6) is 0 Å². The first kappa shape index (κ1) is 20.5. The predicted molar refractivity (Wildman–Crippen MR) is 112 cm³/mol. The molecule has 0 bridgehead atoms. The average molecular weight is 423 g/mol. The molecular formula is C21H31ClN4O3. The largest absolute Gasteiger partial charge is 0.448 e. The van der Waals surface area contributed by atoms with E-state index in [4.69, 9.17) is 21.3 Å². The molecule has 3 heterocycles. The van der Waals surface area contributed by atoms with Gasteiger partial charge in [-0.1, -0.05) is 13.0 Å². The fourth-order valence-electron chi connectivity index (χ4n) is 5.07. The summed E-state index contributed by atoms with van der Waals surface area (Å²) in [5.74, 6) is 1.55. The number of alkyl halides is 1. The summed E-state index contributed by atoms with van der Waals surface area (Å²) in [6, 6.07) is -0.152. The minimum Gasteiger partial charge on any atom is -0.448 e. The van der Waals surface area contributed by atoms with E-state index in [-0.39, 0.29) is 29.3 Å². The monoisotopic (exact) mass is 422 g/mol. The van der Waals surface area contributed by atoms with Crippen LogP contribution in [0.4, 0.5) is 4.79 Å². The smallest absolute Gasteiger partial charge is 0.410 e. The molecular weight excluding hydrogens is 392 g/mol. The molecule has 4 rings (SSSR count). The van der Waals surface area contributed by atoms with Gasteiger partial charge in [-0.05, 0) is 37.7 Å². The SMILES string of the molecule is CC1=CC(C)CN=C1N1CCN(C(=O)C2CCC(Cl)CC2N2CCOC2=O)CC1. The Labute approximate surface area is 177 Å². The molecule has 7 nitrogen and oxygen atoms in total. The lowest BCUT2D eigenvalue weighted by Gasteiger charge is -2.42. The molecule has 0 aromatic heterocycles. The molecule has 0 N–H and O–H groups in total. The van der Waals surface area contributed by atoms with Crippen molar-refractivity contribution in [2.45, 2.75) is 44.5 Å². The van der Waals surface area contributed by atoms with Crippen molar-refractivity contribution in [1.29, 1.82) is 0 Å². The van der Waals surface area contributed by atoms with E-state index in [9.17, 15) is 9.59 Å². The predicted octanol–water partition coefficient (Wildman–Crippen LogP) is 2.35. The Morgan fingerprint density at radius 2 is 1.97 bits per heavy atom. The lowest BCUT2D eigenvalue weighted by Crippen LogP contribution is -2.56. The third-order valence-corrected chi connectivity index (χ3v) is 6.97. The Kier molecular flexibility index (Phi) is 6.04. The Morgan fingerprint density at radius 3 is 2.62 bits per heavy atom. The number of hydrogen-bond donors (Lipinski definition) is 0. The molecule has 1 aliphatic carbocycles. The molecule has 0 radical (unpaired) electrons. The van der Waals surface area contributed by atoms with E-state index in [0.29, 0.717) is 38.6 Å². The molecule has 3 aliphatic heterocycles. The van der Waals surface area contributed by atoms with Crippen LogP contribution in [-0.2, 0) is 9.53 Å². The summed E-state index contributed by atoms with van der Waals surface area (Å²) in [5, 5.41) is 0.00997. The second-order valence-corrected chi connectivity index (χ2v) is 9.31. The third-order valence-electron chi connectivity index (χ3n) is 6.57. The standard InChI is InChI=1S/C21H31ClN4O3/c1-14-11-15(2)19(23-13-14)24-5-7-25(8-6-24)20(27)17-4-3-16(22)12-18(17)26-9-10-29-21(26)28/h11,14,16-18H,3-10,12-13H2,1-2H3. The number of carbonyl (C=O) groups is 2. The van der Waals surface area contributed by atoms with Gasteiger partial charge in [0.2, 0.25) is 5.91 Å². The van der Waals surface area contributed by atoms with Gasteiger partial charge < -0.3 is 19.4 Å². The van der Waals surface area contributed by atoms with Gasteiger partial charge >= 0.3 is 6.09 Å². The summed E-state index contributed by atoms with van der Waals surface area (Å²) in [5.41, 5.74) is 1.23. The number of halogens is 1. The van der Waals surface area contributed by atoms with E-state index < -0.39 is 0 Å². The number of amides is 2. The molecule has 1 saturated carbocycles. The Bertz CT molecular complexity index is 717. The van der Waals surface area contributed by atoms with Gasteiger partial charge in [0.15, 0.2) is 0 Å². The van der Waals surface area contributed by atoms with Crippen LogP contribution in [0.3, 0.4) is 0 Å². The first-order valence-corrected chi connectivity index (χ1v) is 11.2. The molecule has 160 valence electrons. The number of dihydropyridines is 1. The number of cyclic esters (lactones) is 1. The van der Waals surface area contributed by atoms with Crippen molar-refractivity contribution in [2.24, 2.45) is 16.8 Å². The molecule has 2 amide bonds. The number of carbonyl (C=O) groups excluding carboxylic acids is 2. The van der Waals surface area contributed by atoms with Crippen LogP contribution < -0.4 is 0 Å². The zero-order valence-corrected chi connectivity index (χ0v) is 18.1. The maximum absolute atomic E-state index is 13.4. The van der Waals surface area contributed by atoms with Crippen molar-refractivity contribution in [1.82, 2.24) is 14.7 Å². The number of hydrogen-bond acceptors (Lipinski definition) is 5. The van der Waals surface area contributed by atoms with Crippen molar-refractivity contribution >= 4 is 29.4 Å². The summed E-state index contributed by atoms with van der Waals surface area (Å²) >= 11 is 6.39. The van der Waals surface area contributed by atoms with Crippen LogP contribution in [-0.4, -0.2) is 89.8 Å². The summed E-state index contributed by atoms with van der Waals surface area (Å²) in [6.07, 6.45) is 4.18. The highest BCUT2D eigenvalue weighted by Gasteiger charge is 2.43. The second kappa shape index (κ2) is 8.54. The van der Waals surface area contributed by atoms with Crippen LogP contribution in [0.25, 0.3) is 0 Å². The van der Waals surface area contributed by atoms with Crippen LogP contribution in [0, 0.1) is 11.8 Å². The normalized spacial score (nSPS) is 33.3. The second-order valence-electron chi connectivity index (χ2n) is 8.70. The Morgan fingerprint density at radius 1 is 1.21 bits per heavy atom. The van der Waals surface area contributed by atoms with Crippen LogP contribution in [0.15, 0.2) is 16.6 Å². The van der Waals surface area contributed by atoms with Gasteiger partial charge in [-0.25, -0.2) is 4.79 Å². The zero-order valence-electron chi connectivity index (χ0n) is 17.3. The average Bonchev–Trinajstić information content (AvgIpc) is 3.13. The summed E-state index contributed by atoms with van der Waals surface area (Å²) in [6.45, 7) is 9.07. The summed E-state index contributed by atoms with van der Waals surface area (Å²) in [4.78, 5) is 36.2. The van der Waals surface area contributed by atoms with E-state index in [2.05, 4.69) is 24.8 Å². The van der Waals surface area contributed by atoms with Crippen molar-refractivity contribution < 1.29 is 14.3 Å². The van der Waals surface area contributed by atoms with E-state index in [0.717, 1.165) is 38.3 Å². The van der Waals surface area contributed by atoms with Gasteiger partial charge in [0.25, 0.3) is 0 Å². The number of piperazine rings is 1. The highest BCUT2D eigenvalue weighted by atomic mass is 35.5. The number of rotatable bonds is 2. The first-order valence-electron chi connectivity index (χ1n) is 10.8. The molecule has 4 atom stereocenters. The maximum Gasteiger partial charge on any atom is 0.410 e. The quantitative estimate of drug-likeness (QED) is 0.641. The molecule has 29 heavy (non-hydrogen) atoms. The van der Waals surface area contributed by atoms with Crippen LogP contribution in [0.2, 0.25) is 0 Å². The number of aliphatic imine (C=N–C) groups is 1. The van der Waals surface area contributed by atoms with Crippen LogP contribution >= 0.6 is 11.6 Å². The number of ether oxygens (including phenoxy) is 1. The van der Waals surface area contributed by atoms with Crippen molar-refractivity contribution in [3.8, 4) is 0 Å². The fourth-order valence-corrected chi connectivity index (χ4v) is 5.38. The highest BCUT2D eigenvalue weighted by Crippen LogP contribution is 2.34. The highest BCUT2D eigenvalue weighted by molar-refractivity contribution is 6.20. The lowest BCUT2D eigenvalue weighted by molar-refractivity contribution is -0.139. The molecule has 0 aromatic rings. The minimum absolute atomic E-state index is 0.00997. The molecule has 8 heteroatoms. The molecule has 4 unspecified atom stereocenters. The molecule has 0 aromatic carbocycles. The van der Waals surface area contributed by atoms with Crippen LogP contribution in [0.1, 0.15) is 33.1 Å². The van der Waals surface area contributed by atoms with Gasteiger partial charge in [-0.15, -0.1) is 11.6 Å². The minimum atomic E-state index is -0.310. The van der Waals surface area contributed by atoms with E-state index in [1.165, 1.54) is 5.57 Å². The van der Waals surface area contributed by atoms with E-state index in [1.54, 1.807) is 4.90 Å². The van der Waals surface area contributed by atoms with Gasteiger partial charge in [-0.2, -0.15) is 0 Å². The van der Waals surface area contributed by atoms with Gasteiger partial charge in [-0.3, -0.25) is 9.79 Å². The fraction of sp³-hybridized carbons (Fsp3) is 0.762. The Hall–Kier alpha value is -1.76. The van der Waals surface area contributed by atoms with E-state index >= 15 is 0 Å². The molecule has 3 fully saturated rings. The summed E-state index contributed by atoms with van der Waals surface area (Å²) in [7, 11) is 0. The first-order chi connectivity index (χ1) is 13.9. The number of amidine groups is 1. The topological polar surface area (TPSA) is 65.4 Å². The Balaban J connectivity index is 1.39. The van der Waals surface area contributed by atoms with Crippen molar-refractivity contribution in [3.05, 3.63) is 11.6 Å². The maximum atomic E-state index is 13.4. The summed E-state index contributed by atoms with van der Waals surface area (Å²) < 4.78 is 5.12.